The minimum Gasteiger partial charge on any atom is -0.507 e. The highest BCUT2D eigenvalue weighted by Crippen LogP contribution is 2.47. The molecule has 4 aromatic rings. The molecule has 0 spiro atoms. The predicted molar refractivity (Wildman–Crippen MR) is 134 cm³/mol. The molecule has 9 heteroatoms. The molecular weight excluding hydrogens is 481 g/mol. The Morgan fingerprint density at radius 1 is 0.946 bits per heavy atom. The third-order valence-corrected chi connectivity index (χ3v) is 6.81. The molecule has 192 valence electrons. The number of hydrogen-bond acceptors (Lipinski definition) is 5. The van der Waals surface area contributed by atoms with Crippen molar-refractivity contribution in [1.29, 1.82) is 0 Å². The van der Waals surface area contributed by atoms with E-state index in [0.717, 1.165) is 16.8 Å². The molecule has 6 nitrogen and oxygen atoms in total. The molecule has 1 aliphatic rings. The van der Waals surface area contributed by atoms with Crippen molar-refractivity contribution in [2.45, 2.75) is 44.6 Å². The van der Waals surface area contributed by atoms with Gasteiger partial charge in [0.2, 0.25) is 0 Å². The highest BCUT2D eigenvalue weighted by molar-refractivity contribution is 5.51. The minimum absolute atomic E-state index is 0.0989. The van der Waals surface area contributed by atoms with Crippen LogP contribution in [0, 0.1) is 13.8 Å². The van der Waals surface area contributed by atoms with Gasteiger partial charge >= 0.3 is 6.18 Å². The summed E-state index contributed by atoms with van der Waals surface area (Å²) in [6.45, 7) is 3.70. The first-order chi connectivity index (χ1) is 17.7. The maximum atomic E-state index is 13.9. The zero-order valence-electron chi connectivity index (χ0n) is 20.3. The first kappa shape index (κ1) is 24.9. The number of halogens is 3. The summed E-state index contributed by atoms with van der Waals surface area (Å²) in [4.78, 5) is 0. The van der Waals surface area contributed by atoms with Gasteiger partial charge in [0.15, 0.2) is 0 Å². The van der Waals surface area contributed by atoms with Gasteiger partial charge in [-0.05, 0) is 49.2 Å². The summed E-state index contributed by atoms with van der Waals surface area (Å²) in [6.07, 6.45) is -0.918. The zero-order chi connectivity index (χ0) is 26.2. The molecule has 3 atom stereocenters. The number of phenols is 1. The van der Waals surface area contributed by atoms with Crippen LogP contribution in [0.25, 0.3) is 5.69 Å². The van der Waals surface area contributed by atoms with E-state index in [1.165, 1.54) is 0 Å². The number of alkyl halides is 3. The van der Waals surface area contributed by atoms with Gasteiger partial charge in [-0.3, -0.25) is 0 Å². The third-order valence-electron chi connectivity index (χ3n) is 6.81. The van der Waals surface area contributed by atoms with E-state index in [9.17, 15) is 18.3 Å². The van der Waals surface area contributed by atoms with E-state index in [1.54, 1.807) is 61.1 Å². The van der Waals surface area contributed by atoms with Crippen molar-refractivity contribution in [3.05, 3.63) is 107 Å². The van der Waals surface area contributed by atoms with Crippen LogP contribution in [0.15, 0.2) is 79.1 Å². The number of aryl methyl sites for hydroxylation is 1. The maximum absolute atomic E-state index is 13.9. The number of nitrogens with one attached hydrogen (secondary N) is 2. The van der Waals surface area contributed by atoms with Gasteiger partial charge in [-0.2, -0.15) is 18.3 Å². The van der Waals surface area contributed by atoms with Crippen molar-refractivity contribution in [2.75, 3.05) is 0 Å². The fraction of sp³-hybridized carbons (Fsp3) is 0.250. The van der Waals surface area contributed by atoms with Crippen LogP contribution in [-0.4, -0.2) is 27.1 Å². The van der Waals surface area contributed by atoms with E-state index in [4.69, 9.17) is 4.74 Å². The van der Waals surface area contributed by atoms with E-state index in [1.807, 2.05) is 36.5 Å². The van der Waals surface area contributed by atoms with Crippen LogP contribution in [0.2, 0.25) is 0 Å². The number of phenolic OH excluding ortho intramolecular Hbond substituents is 1. The van der Waals surface area contributed by atoms with Crippen LogP contribution in [0.4, 0.5) is 13.2 Å². The van der Waals surface area contributed by atoms with Crippen molar-refractivity contribution in [1.82, 2.24) is 20.6 Å². The standard InChI is InChI=1S/C28H27F3N4O2/c1-17-8-6-7-11-21(17)24-25(33-34-27(24)28(29,30)31)22-12-13-23(18(2)26(22)36)37-16-19-14-32-35(15-19)20-9-4-3-5-10-20/h3-15,24-25,27,33-34,36H,16H2,1-2H3. The van der Waals surface area contributed by atoms with Gasteiger partial charge < -0.3 is 9.84 Å². The molecule has 0 aliphatic carbocycles. The highest BCUT2D eigenvalue weighted by Gasteiger charge is 2.53. The zero-order valence-corrected chi connectivity index (χ0v) is 20.3. The molecule has 2 heterocycles. The van der Waals surface area contributed by atoms with Crippen LogP contribution >= 0.6 is 0 Å². The lowest BCUT2D eigenvalue weighted by atomic mass is 9.81. The second-order valence-corrected chi connectivity index (χ2v) is 9.21. The molecule has 0 bridgehead atoms. The van der Waals surface area contributed by atoms with Crippen molar-refractivity contribution in [3.8, 4) is 17.2 Å². The molecule has 3 unspecified atom stereocenters. The number of aromatic hydroxyl groups is 1. The monoisotopic (exact) mass is 508 g/mol. The van der Waals surface area contributed by atoms with E-state index >= 15 is 0 Å². The quantitative estimate of drug-likeness (QED) is 0.315. The number of ether oxygens (including phenoxy) is 1. The Balaban J connectivity index is 1.39. The molecule has 37 heavy (non-hydrogen) atoms. The summed E-state index contributed by atoms with van der Waals surface area (Å²) in [6, 6.07) is 17.4. The van der Waals surface area contributed by atoms with Gasteiger partial charge in [0.05, 0.1) is 17.9 Å². The Hall–Kier alpha value is -3.82. The van der Waals surface area contributed by atoms with Crippen LogP contribution in [0.5, 0.6) is 11.5 Å². The lowest BCUT2D eigenvalue weighted by molar-refractivity contribution is -0.156. The van der Waals surface area contributed by atoms with Crippen molar-refractivity contribution >= 4 is 0 Å². The number of hydrogen-bond donors (Lipinski definition) is 3. The lowest BCUT2D eigenvalue weighted by Crippen LogP contribution is -2.43. The molecule has 3 N–H and O–H groups in total. The largest absolute Gasteiger partial charge is 0.507 e. The molecule has 5 rings (SSSR count). The molecule has 1 fully saturated rings. The third kappa shape index (κ3) is 4.92. The van der Waals surface area contributed by atoms with Gasteiger partial charge in [0.25, 0.3) is 0 Å². The summed E-state index contributed by atoms with van der Waals surface area (Å²) < 4.78 is 49.5. The van der Waals surface area contributed by atoms with Crippen molar-refractivity contribution < 1.29 is 23.0 Å². The van der Waals surface area contributed by atoms with Gasteiger partial charge in [-0.15, -0.1) is 0 Å². The smallest absolute Gasteiger partial charge is 0.405 e. The number of aromatic nitrogens is 2. The molecule has 1 aromatic heterocycles. The molecule has 0 amide bonds. The second-order valence-electron chi connectivity index (χ2n) is 9.21. The molecule has 0 saturated carbocycles. The van der Waals surface area contributed by atoms with E-state index in [0.29, 0.717) is 22.4 Å². The Labute approximate surface area is 212 Å². The summed E-state index contributed by atoms with van der Waals surface area (Å²) in [7, 11) is 0. The Kier molecular flexibility index (Phi) is 6.66. The molecule has 0 radical (unpaired) electrons. The number of hydrazine groups is 1. The Morgan fingerprint density at radius 3 is 2.41 bits per heavy atom. The molecule has 3 aromatic carbocycles. The predicted octanol–water partition coefficient (Wildman–Crippen LogP) is 5.64. The minimum atomic E-state index is -4.48. The number of benzene rings is 3. The summed E-state index contributed by atoms with van der Waals surface area (Å²) >= 11 is 0. The van der Waals surface area contributed by atoms with Gasteiger partial charge in [-0.1, -0.05) is 42.5 Å². The van der Waals surface area contributed by atoms with Crippen LogP contribution in [-0.2, 0) is 6.61 Å². The van der Waals surface area contributed by atoms with Crippen LogP contribution in [0.3, 0.4) is 0 Å². The highest BCUT2D eigenvalue weighted by atomic mass is 19.4. The van der Waals surface area contributed by atoms with E-state index < -0.39 is 24.2 Å². The normalized spacial score (nSPS) is 19.8. The van der Waals surface area contributed by atoms with E-state index in [-0.39, 0.29) is 12.4 Å². The number of rotatable bonds is 6. The number of para-hydroxylation sites is 1. The Bertz CT molecular complexity index is 1390. The van der Waals surface area contributed by atoms with Gasteiger partial charge in [0, 0.05) is 28.8 Å². The summed E-state index contributed by atoms with van der Waals surface area (Å²) in [5, 5.41) is 15.4. The summed E-state index contributed by atoms with van der Waals surface area (Å²) in [5.41, 5.74) is 9.11. The van der Waals surface area contributed by atoms with Crippen LogP contribution in [0.1, 0.15) is 39.8 Å². The topological polar surface area (TPSA) is 71.3 Å². The second kappa shape index (κ2) is 9.91. The van der Waals surface area contributed by atoms with Gasteiger partial charge in [-0.25, -0.2) is 15.5 Å². The van der Waals surface area contributed by atoms with Crippen molar-refractivity contribution in [2.24, 2.45) is 0 Å². The lowest BCUT2D eigenvalue weighted by Gasteiger charge is -2.27. The maximum Gasteiger partial charge on any atom is 0.405 e. The first-order valence-corrected chi connectivity index (χ1v) is 11.9. The van der Waals surface area contributed by atoms with E-state index in [2.05, 4.69) is 16.0 Å². The molecular formula is C28H27F3N4O2. The van der Waals surface area contributed by atoms with Crippen molar-refractivity contribution in [3.63, 3.8) is 0 Å². The SMILES string of the molecule is Cc1ccccc1C1C(c2ccc(OCc3cnn(-c4ccccc4)c3)c(C)c2O)NNC1C(F)(F)F. The molecule has 1 saturated heterocycles. The van der Waals surface area contributed by atoms with Gasteiger partial charge in [0.1, 0.15) is 24.1 Å². The first-order valence-electron chi connectivity index (χ1n) is 11.9. The summed E-state index contributed by atoms with van der Waals surface area (Å²) in [5.74, 6) is -0.625. The Morgan fingerprint density at radius 2 is 1.68 bits per heavy atom. The average molecular weight is 509 g/mol. The average Bonchev–Trinajstić information content (AvgIpc) is 3.54. The fourth-order valence-electron chi connectivity index (χ4n) is 4.86. The fourth-order valence-corrected chi connectivity index (χ4v) is 4.86. The number of nitrogens with zero attached hydrogens (tertiary/aromatic N) is 2. The molecule has 1 aliphatic heterocycles. The van der Waals surface area contributed by atoms with Crippen LogP contribution < -0.4 is 15.6 Å².